The van der Waals surface area contributed by atoms with Crippen molar-refractivity contribution in [3.8, 4) is 0 Å². The highest BCUT2D eigenvalue weighted by Crippen LogP contribution is 2.58. The molecule has 1 aromatic carbocycles. The molecule has 114 valence electrons. The van der Waals surface area contributed by atoms with Crippen molar-refractivity contribution in [2.24, 2.45) is 0 Å². The van der Waals surface area contributed by atoms with Gasteiger partial charge in [-0.05, 0) is 64.3 Å². The van der Waals surface area contributed by atoms with E-state index in [1.807, 2.05) is 10.8 Å². The van der Waals surface area contributed by atoms with Crippen LogP contribution in [0.25, 0.3) is 0 Å². The molecule has 1 aromatic rings. The highest BCUT2D eigenvalue weighted by Gasteiger charge is 2.58. The fourth-order valence-electron chi connectivity index (χ4n) is 6.74. The third kappa shape index (κ3) is 1.52. The Bertz CT molecular complexity index is 667. The van der Waals surface area contributed by atoms with Gasteiger partial charge in [-0.2, -0.15) is 0 Å². The number of hydrogen-bond acceptors (Lipinski definition) is 0. The van der Waals surface area contributed by atoms with Crippen LogP contribution in [0.15, 0.2) is 6.07 Å². The molecule has 2 unspecified atom stereocenters. The summed E-state index contributed by atoms with van der Waals surface area (Å²) in [5.41, 5.74) is 8.13. The Labute approximate surface area is 131 Å². The van der Waals surface area contributed by atoms with Gasteiger partial charge in [0.15, 0.2) is 0 Å². The molecule has 0 nitrogen and oxygen atoms in total. The van der Waals surface area contributed by atoms with E-state index >= 15 is 0 Å². The van der Waals surface area contributed by atoms with Gasteiger partial charge >= 0.3 is 0 Å². The van der Waals surface area contributed by atoms with Crippen molar-refractivity contribution in [2.45, 2.75) is 89.3 Å². The minimum atomic E-state index is -1.25. The smallest absolute Gasteiger partial charge is 0.0652 e. The molecule has 1 heteroatoms. The van der Waals surface area contributed by atoms with Gasteiger partial charge in [0.1, 0.15) is 0 Å². The molecule has 0 radical (unpaired) electrons. The summed E-state index contributed by atoms with van der Waals surface area (Å²) in [7, 11) is -1.25. The van der Waals surface area contributed by atoms with E-state index in [4.69, 9.17) is 0 Å². The molecule has 0 fully saturated rings. The normalized spacial score (nSPS) is 37.7. The molecule has 1 aliphatic carbocycles. The molecule has 0 spiro atoms. The Morgan fingerprint density at radius 2 is 1.67 bits per heavy atom. The highest BCUT2D eigenvalue weighted by atomic mass is 28.3. The van der Waals surface area contributed by atoms with Gasteiger partial charge in [-0.15, -0.1) is 0 Å². The quantitative estimate of drug-likeness (QED) is 0.597. The van der Waals surface area contributed by atoms with Crippen LogP contribution < -0.4 is 5.19 Å². The molecule has 0 bridgehead atoms. The van der Waals surface area contributed by atoms with Gasteiger partial charge in [0, 0.05) is 0 Å². The molecular formula is C20H30Si. The summed E-state index contributed by atoms with van der Waals surface area (Å²) in [6, 6.07) is 5.57. The molecule has 0 saturated heterocycles. The average Bonchev–Trinajstić information content (AvgIpc) is 2.65. The lowest BCUT2D eigenvalue weighted by Gasteiger charge is -2.40. The average molecular weight is 299 g/mol. The molecule has 2 atom stereocenters. The summed E-state index contributed by atoms with van der Waals surface area (Å²) in [5.74, 6) is 0. The van der Waals surface area contributed by atoms with Crippen molar-refractivity contribution < 1.29 is 0 Å². The van der Waals surface area contributed by atoms with Gasteiger partial charge < -0.3 is 0 Å². The van der Waals surface area contributed by atoms with Gasteiger partial charge in [0.2, 0.25) is 0 Å². The molecular weight excluding hydrogens is 268 g/mol. The van der Waals surface area contributed by atoms with E-state index in [0.717, 1.165) is 0 Å². The summed E-state index contributed by atoms with van der Waals surface area (Å²) >= 11 is 0. The predicted molar refractivity (Wildman–Crippen MR) is 94.7 cm³/mol. The molecule has 0 aromatic heterocycles. The van der Waals surface area contributed by atoms with Crippen molar-refractivity contribution in [1.29, 1.82) is 0 Å². The van der Waals surface area contributed by atoms with Crippen LogP contribution in [-0.2, 0) is 16.2 Å². The zero-order chi connectivity index (χ0) is 15.4. The summed E-state index contributed by atoms with van der Waals surface area (Å²) < 4.78 is 0. The topological polar surface area (TPSA) is 0 Å². The van der Waals surface area contributed by atoms with E-state index in [-0.39, 0.29) is 0 Å². The lowest BCUT2D eigenvalue weighted by Crippen LogP contribution is -2.51. The van der Waals surface area contributed by atoms with Gasteiger partial charge in [0.05, 0.1) is 8.07 Å². The second-order valence-corrected chi connectivity index (χ2v) is 14.6. The van der Waals surface area contributed by atoms with Gasteiger partial charge in [0.25, 0.3) is 0 Å². The van der Waals surface area contributed by atoms with Crippen LogP contribution in [0, 0.1) is 6.92 Å². The molecule has 4 rings (SSSR count). The van der Waals surface area contributed by atoms with Crippen molar-refractivity contribution in [1.82, 2.24) is 0 Å². The van der Waals surface area contributed by atoms with Crippen LogP contribution in [0.5, 0.6) is 0 Å². The molecule has 0 amide bonds. The van der Waals surface area contributed by atoms with Crippen LogP contribution in [-0.4, -0.2) is 8.07 Å². The largest absolute Gasteiger partial charge is 0.0853 e. The van der Waals surface area contributed by atoms with Gasteiger partial charge in [-0.25, -0.2) is 0 Å². The van der Waals surface area contributed by atoms with E-state index in [9.17, 15) is 0 Å². The van der Waals surface area contributed by atoms with Gasteiger partial charge in [-0.3, -0.25) is 0 Å². The molecule has 0 N–H and O–H groups in total. The third-order valence-corrected chi connectivity index (χ3v) is 11.8. The fraction of sp³-hybridized carbons (Fsp3) is 0.700. The van der Waals surface area contributed by atoms with E-state index in [1.54, 1.807) is 16.7 Å². The summed E-state index contributed by atoms with van der Waals surface area (Å²) in [6.45, 7) is 17.6. The lowest BCUT2D eigenvalue weighted by atomic mass is 9.76. The molecule has 21 heavy (non-hydrogen) atoms. The third-order valence-electron chi connectivity index (χ3n) is 7.03. The molecule has 3 aliphatic rings. The van der Waals surface area contributed by atoms with Gasteiger partial charge in [-0.1, -0.05) is 58.5 Å². The maximum absolute atomic E-state index is 2.69. The first-order chi connectivity index (χ1) is 9.50. The van der Waals surface area contributed by atoms with Crippen LogP contribution in [0.3, 0.4) is 0 Å². The lowest BCUT2D eigenvalue weighted by molar-refractivity contribution is 0.364. The van der Waals surface area contributed by atoms with E-state index in [2.05, 4.69) is 54.2 Å². The minimum absolute atomic E-state index is 0.371. The Hall–Kier alpha value is -0.563. The molecule has 2 heterocycles. The molecule has 2 aliphatic heterocycles. The maximum Gasteiger partial charge on any atom is 0.0853 e. The van der Waals surface area contributed by atoms with Crippen molar-refractivity contribution in [3.63, 3.8) is 0 Å². The number of rotatable bonds is 0. The zero-order valence-corrected chi connectivity index (χ0v) is 15.9. The number of benzene rings is 1. The Morgan fingerprint density at radius 3 is 2.33 bits per heavy atom. The van der Waals surface area contributed by atoms with E-state index < -0.39 is 8.07 Å². The van der Waals surface area contributed by atoms with E-state index in [0.29, 0.717) is 16.2 Å². The first-order valence-corrected chi connectivity index (χ1v) is 11.6. The zero-order valence-electron chi connectivity index (χ0n) is 14.9. The minimum Gasteiger partial charge on any atom is -0.0652 e. The predicted octanol–water partition coefficient (Wildman–Crippen LogP) is 4.91. The van der Waals surface area contributed by atoms with Crippen LogP contribution >= 0.6 is 0 Å². The first-order valence-electron chi connectivity index (χ1n) is 8.70. The second kappa shape index (κ2) is 3.50. The fourth-order valence-corrected chi connectivity index (χ4v) is 12.8. The number of aryl methyl sites for hydroxylation is 1. The molecule has 0 saturated carbocycles. The van der Waals surface area contributed by atoms with Crippen molar-refractivity contribution in [3.05, 3.63) is 28.3 Å². The second-order valence-electron chi connectivity index (χ2n) is 10.1. The summed E-state index contributed by atoms with van der Waals surface area (Å²) in [4.78, 5) is 0. The maximum atomic E-state index is 2.69. The van der Waals surface area contributed by atoms with Crippen LogP contribution in [0.2, 0.25) is 18.6 Å². The van der Waals surface area contributed by atoms with Crippen LogP contribution in [0.1, 0.15) is 69.7 Å². The summed E-state index contributed by atoms with van der Waals surface area (Å²) in [6.07, 6.45) is 2.80. The Balaban J connectivity index is 2.17. The van der Waals surface area contributed by atoms with Crippen molar-refractivity contribution >= 4 is 13.3 Å². The standard InChI is InChI=1S/C20H30Si/c1-13-10-14-16-17-15(13)19(4,5)12-21(17,7)9-8-20(16,6)11-18(14,2)3/h10H,8-9,11-12H2,1-7H3. The van der Waals surface area contributed by atoms with Crippen LogP contribution in [0.4, 0.5) is 0 Å². The summed E-state index contributed by atoms with van der Waals surface area (Å²) in [5, 5.41) is 1.92. The Morgan fingerprint density at radius 1 is 1.00 bits per heavy atom. The SMILES string of the molecule is Cc1cc2c3c4c1C(C)(C)C[Si]4(C)CCC3(C)CC2(C)C. The van der Waals surface area contributed by atoms with Crippen molar-refractivity contribution in [2.75, 3.05) is 0 Å². The van der Waals surface area contributed by atoms with E-state index in [1.165, 1.54) is 24.9 Å². The highest BCUT2D eigenvalue weighted by molar-refractivity contribution is 6.93. The first kappa shape index (κ1) is 14.1. The number of hydrogen-bond donors (Lipinski definition) is 0. The Kier molecular flexibility index (Phi) is 2.34. The monoisotopic (exact) mass is 298 g/mol.